The Kier molecular flexibility index (Phi) is 6.03. The van der Waals surface area contributed by atoms with Gasteiger partial charge in [-0.25, -0.2) is 0 Å². The first-order chi connectivity index (χ1) is 8.93. The van der Waals surface area contributed by atoms with E-state index in [0.29, 0.717) is 24.8 Å². The minimum Gasteiger partial charge on any atom is -0.345 e. The molecule has 3 heteroatoms. The number of rotatable bonds is 6. The highest BCUT2D eigenvalue weighted by Crippen LogP contribution is 2.15. The first-order valence-electron chi connectivity index (χ1n) is 6.97. The molecule has 106 valence electrons. The minimum absolute atomic E-state index is 0.151. The van der Waals surface area contributed by atoms with Crippen LogP contribution in [0.2, 0.25) is 0 Å². The number of benzene rings is 1. The molecule has 1 aromatic carbocycles. The molecule has 1 atom stereocenters. The molecule has 0 fully saturated rings. The van der Waals surface area contributed by atoms with Crippen LogP contribution in [-0.2, 0) is 11.2 Å². The quantitative estimate of drug-likeness (QED) is 0.855. The number of nitrogens with two attached hydrogens (primary N) is 1. The second kappa shape index (κ2) is 7.29. The second-order valence-electron chi connectivity index (χ2n) is 5.69. The average molecular weight is 262 g/mol. The fraction of sp³-hybridized carbons (Fsp3) is 0.562. The maximum atomic E-state index is 12.1. The van der Waals surface area contributed by atoms with Gasteiger partial charge in [0.05, 0.1) is 6.42 Å². The number of hydrogen-bond acceptors (Lipinski definition) is 2. The lowest BCUT2D eigenvalue weighted by molar-refractivity contribution is -0.129. The molecule has 0 saturated heterocycles. The monoisotopic (exact) mass is 262 g/mol. The van der Waals surface area contributed by atoms with Gasteiger partial charge in [0.15, 0.2) is 0 Å². The van der Waals surface area contributed by atoms with Crippen molar-refractivity contribution in [1.82, 2.24) is 4.90 Å². The Bertz CT molecular complexity index is 398. The van der Waals surface area contributed by atoms with E-state index >= 15 is 0 Å². The Morgan fingerprint density at radius 2 is 1.79 bits per heavy atom. The van der Waals surface area contributed by atoms with Crippen molar-refractivity contribution < 1.29 is 4.79 Å². The first kappa shape index (κ1) is 15.7. The number of nitrogens with zero attached hydrogens (tertiary/aromatic N) is 1. The third-order valence-corrected chi connectivity index (χ3v) is 3.42. The number of carbonyl (C=O) groups excluding carboxylic acids is 1. The zero-order valence-electron chi connectivity index (χ0n) is 12.5. The van der Waals surface area contributed by atoms with Crippen LogP contribution in [0.5, 0.6) is 0 Å². The van der Waals surface area contributed by atoms with Gasteiger partial charge in [0.1, 0.15) is 0 Å². The van der Waals surface area contributed by atoms with Crippen LogP contribution < -0.4 is 5.73 Å². The van der Waals surface area contributed by atoms with Crippen molar-refractivity contribution in [3.8, 4) is 0 Å². The molecule has 0 heterocycles. The van der Waals surface area contributed by atoms with Crippen LogP contribution in [0.3, 0.4) is 0 Å². The van der Waals surface area contributed by atoms with Crippen LogP contribution in [0.15, 0.2) is 24.3 Å². The molecule has 0 aliphatic rings. The summed E-state index contributed by atoms with van der Waals surface area (Å²) in [5.41, 5.74) is 7.96. The zero-order valence-corrected chi connectivity index (χ0v) is 12.5. The Morgan fingerprint density at radius 1 is 1.21 bits per heavy atom. The molecule has 19 heavy (non-hydrogen) atoms. The summed E-state index contributed by atoms with van der Waals surface area (Å²) in [7, 11) is 1.84. The number of likely N-dealkylation sites (N-methyl/N-ethyl adjacent to an activating group) is 1. The van der Waals surface area contributed by atoms with Gasteiger partial charge in [0, 0.05) is 13.6 Å². The van der Waals surface area contributed by atoms with E-state index in [2.05, 4.69) is 32.9 Å². The van der Waals surface area contributed by atoms with Gasteiger partial charge in [-0.05, 0) is 29.5 Å². The van der Waals surface area contributed by atoms with E-state index in [1.54, 1.807) is 4.90 Å². The van der Waals surface area contributed by atoms with E-state index in [0.717, 1.165) is 12.1 Å². The summed E-state index contributed by atoms with van der Waals surface area (Å²) in [5.74, 6) is 1.02. The summed E-state index contributed by atoms with van der Waals surface area (Å²) >= 11 is 0. The van der Waals surface area contributed by atoms with Gasteiger partial charge in [0.25, 0.3) is 0 Å². The number of amides is 1. The second-order valence-corrected chi connectivity index (χ2v) is 5.69. The van der Waals surface area contributed by atoms with Crippen molar-refractivity contribution in [1.29, 1.82) is 0 Å². The molecule has 1 aromatic rings. The first-order valence-corrected chi connectivity index (χ1v) is 6.97. The Balaban J connectivity index is 2.56. The molecule has 0 aliphatic carbocycles. The highest BCUT2D eigenvalue weighted by molar-refractivity contribution is 5.78. The van der Waals surface area contributed by atoms with Crippen LogP contribution in [-0.4, -0.2) is 30.9 Å². The van der Waals surface area contributed by atoms with E-state index in [4.69, 9.17) is 5.73 Å². The zero-order chi connectivity index (χ0) is 14.4. The molecular formula is C16H26N2O. The van der Waals surface area contributed by atoms with Crippen molar-refractivity contribution in [2.24, 2.45) is 11.7 Å². The molecule has 1 unspecified atom stereocenters. The van der Waals surface area contributed by atoms with Crippen molar-refractivity contribution in [3.05, 3.63) is 35.4 Å². The molecule has 0 radical (unpaired) electrons. The standard InChI is InChI=1S/C16H26N2O/c1-12(2)15-7-5-14(6-8-15)9-16(19)18(4)11-13(3)10-17/h5-8,12-13H,9-11,17H2,1-4H3. The van der Waals surface area contributed by atoms with Crippen LogP contribution in [0, 0.1) is 5.92 Å². The van der Waals surface area contributed by atoms with E-state index < -0.39 is 0 Å². The Labute approximate surface area is 116 Å². The van der Waals surface area contributed by atoms with Gasteiger partial charge in [-0.2, -0.15) is 0 Å². The molecule has 3 nitrogen and oxygen atoms in total. The van der Waals surface area contributed by atoms with E-state index in [-0.39, 0.29) is 5.91 Å². The summed E-state index contributed by atoms with van der Waals surface area (Å²) in [6.07, 6.45) is 0.464. The third kappa shape index (κ3) is 5.03. The molecule has 0 aliphatic heterocycles. The van der Waals surface area contributed by atoms with E-state index in [1.807, 2.05) is 19.2 Å². The van der Waals surface area contributed by atoms with Gasteiger partial charge >= 0.3 is 0 Å². The normalized spacial score (nSPS) is 12.5. The van der Waals surface area contributed by atoms with Crippen LogP contribution in [0.4, 0.5) is 0 Å². The SMILES string of the molecule is CC(CN)CN(C)C(=O)Cc1ccc(C(C)C)cc1. The van der Waals surface area contributed by atoms with E-state index in [1.165, 1.54) is 5.56 Å². The molecule has 0 aromatic heterocycles. The van der Waals surface area contributed by atoms with Crippen molar-refractivity contribution in [2.45, 2.75) is 33.1 Å². The van der Waals surface area contributed by atoms with Gasteiger partial charge in [-0.1, -0.05) is 45.0 Å². The molecule has 0 bridgehead atoms. The molecule has 2 N–H and O–H groups in total. The fourth-order valence-corrected chi connectivity index (χ4v) is 1.97. The van der Waals surface area contributed by atoms with Crippen LogP contribution in [0.1, 0.15) is 37.8 Å². The highest BCUT2D eigenvalue weighted by Gasteiger charge is 2.12. The van der Waals surface area contributed by atoms with Gasteiger partial charge in [-0.15, -0.1) is 0 Å². The Hall–Kier alpha value is -1.35. The van der Waals surface area contributed by atoms with Crippen LogP contribution >= 0.6 is 0 Å². The topological polar surface area (TPSA) is 46.3 Å². The summed E-state index contributed by atoms with van der Waals surface area (Å²) in [6, 6.07) is 8.31. The Morgan fingerprint density at radius 3 is 2.26 bits per heavy atom. The predicted octanol–water partition coefficient (Wildman–Crippen LogP) is 2.41. The third-order valence-electron chi connectivity index (χ3n) is 3.42. The largest absolute Gasteiger partial charge is 0.345 e. The predicted molar refractivity (Wildman–Crippen MR) is 80.1 cm³/mol. The van der Waals surface area contributed by atoms with Crippen LogP contribution in [0.25, 0.3) is 0 Å². The number of hydrogen-bond donors (Lipinski definition) is 1. The lowest BCUT2D eigenvalue weighted by Crippen LogP contribution is -2.34. The van der Waals surface area contributed by atoms with Gasteiger partial charge < -0.3 is 10.6 Å². The summed E-state index contributed by atoms with van der Waals surface area (Å²) in [6.45, 7) is 7.73. The van der Waals surface area contributed by atoms with Crippen molar-refractivity contribution >= 4 is 5.91 Å². The van der Waals surface area contributed by atoms with Crippen molar-refractivity contribution in [2.75, 3.05) is 20.1 Å². The highest BCUT2D eigenvalue weighted by atomic mass is 16.2. The lowest BCUT2D eigenvalue weighted by atomic mass is 10.0. The minimum atomic E-state index is 0.151. The van der Waals surface area contributed by atoms with Gasteiger partial charge in [-0.3, -0.25) is 4.79 Å². The lowest BCUT2D eigenvalue weighted by Gasteiger charge is -2.20. The fourth-order valence-electron chi connectivity index (χ4n) is 1.97. The smallest absolute Gasteiger partial charge is 0.226 e. The van der Waals surface area contributed by atoms with Crippen molar-refractivity contribution in [3.63, 3.8) is 0 Å². The molecular weight excluding hydrogens is 236 g/mol. The summed E-state index contributed by atoms with van der Waals surface area (Å²) in [5, 5.41) is 0. The maximum absolute atomic E-state index is 12.1. The van der Waals surface area contributed by atoms with E-state index in [9.17, 15) is 4.79 Å². The number of carbonyl (C=O) groups is 1. The van der Waals surface area contributed by atoms with Gasteiger partial charge in [0.2, 0.25) is 5.91 Å². The molecule has 1 rings (SSSR count). The molecule has 0 spiro atoms. The maximum Gasteiger partial charge on any atom is 0.226 e. The summed E-state index contributed by atoms with van der Waals surface area (Å²) in [4.78, 5) is 13.8. The molecule has 1 amide bonds. The average Bonchev–Trinajstić information content (AvgIpc) is 2.38. The summed E-state index contributed by atoms with van der Waals surface area (Å²) < 4.78 is 0. The molecule has 0 saturated carbocycles.